The largest absolute Gasteiger partial charge is 0.352 e. The van der Waals surface area contributed by atoms with Crippen LogP contribution >= 0.6 is 0 Å². The minimum Gasteiger partial charge on any atom is -0.352 e. The zero-order valence-electron chi connectivity index (χ0n) is 16.1. The number of aromatic nitrogens is 4. The van der Waals surface area contributed by atoms with Crippen LogP contribution in [0.25, 0.3) is 16.6 Å². The highest BCUT2D eigenvalue weighted by Gasteiger charge is 2.19. The van der Waals surface area contributed by atoms with Crippen molar-refractivity contribution in [2.24, 2.45) is 0 Å². The molecule has 4 aromatic rings. The number of carbonyl (C=O) groups is 1. The van der Waals surface area contributed by atoms with Crippen molar-refractivity contribution in [3.63, 3.8) is 0 Å². The van der Waals surface area contributed by atoms with Gasteiger partial charge in [0.15, 0.2) is 9.84 Å². The van der Waals surface area contributed by atoms with E-state index in [1.165, 1.54) is 24.4 Å². The van der Waals surface area contributed by atoms with E-state index in [1.54, 1.807) is 42.3 Å². The van der Waals surface area contributed by atoms with Gasteiger partial charge in [-0.3, -0.25) is 9.78 Å². The van der Waals surface area contributed by atoms with Gasteiger partial charge in [0.05, 0.1) is 35.2 Å². The number of pyridine rings is 1. The van der Waals surface area contributed by atoms with Crippen LogP contribution in [0.4, 0.5) is 4.39 Å². The molecule has 0 aliphatic carbocycles. The predicted molar refractivity (Wildman–Crippen MR) is 109 cm³/mol. The second-order valence-corrected chi connectivity index (χ2v) is 8.90. The summed E-state index contributed by atoms with van der Waals surface area (Å²) in [6.07, 6.45) is 7.23. The molecule has 4 rings (SSSR count). The lowest BCUT2D eigenvalue weighted by Crippen LogP contribution is -2.26. The first kappa shape index (κ1) is 19.8. The third-order valence-corrected chi connectivity index (χ3v) is 5.77. The van der Waals surface area contributed by atoms with E-state index in [0.29, 0.717) is 27.7 Å². The van der Waals surface area contributed by atoms with Crippen LogP contribution in [0.3, 0.4) is 0 Å². The Hall–Kier alpha value is -3.53. The number of halogens is 1. The Balaban J connectivity index is 1.62. The smallest absolute Gasteiger partial charge is 0.254 e. The van der Waals surface area contributed by atoms with E-state index in [1.807, 2.05) is 0 Å². The van der Waals surface area contributed by atoms with Crippen molar-refractivity contribution in [1.29, 1.82) is 0 Å². The molecule has 30 heavy (non-hydrogen) atoms. The van der Waals surface area contributed by atoms with Crippen molar-refractivity contribution in [3.8, 4) is 5.69 Å². The lowest BCUT2D eigenvalue weighted by Gasteiger charge is -2.13. The summed E-state index contributed by atoms with van der Waals surface area (Å²) in [4.78, 5) is 19.7. The highest BCUT2D eigenvalue weighted by atomic mass is 32.2. The number of fused-ring (bicyclic) bond motifs is 1. The number of nitrogens with one attached hydrogen (secondary N) is 2. The number of nitrogens with zero attached hydrogens (tertiary/aromatic N) is 3. The van der Waals surface area contributed by atoms with Gasteiger partial charge in [0.1, 0.15) is 10.8 Å². The number of carbonyl (C=O) groups excluding carboxylic acids is 1. The fraction of sp³-hybridized carbons (Fsp3) is 0.150. The van der Waals surface area contributed by atoms with Crippen molar-refractivity contribution >= 4 is 26.6 Å². The Kier molecular flexibility index (Phi) is 4.86. The zero-order valence-corrected chi connectivity index (χ0v) is 16.9. The second-order valence-electron chi connectivity index (χ2n) is 6.92. The Morgan fingerprint density at radius 1 is 1.20 bits per heavy atom. The average molecular weight is 427 g/mol. The lowest BCUT2D eigenvalue weighted by atomic mass is 10.1. The number of rotatable bonds is 5. The van der Waals surface area contributed by atoms with E-state index < -0.39 is 15.9 Å². The zero-order chi connectivity index (χ0) is 21.5. The number of hydrogen-bond acceptors (Lipinski definition) is 5. The van der Waals surface area contributed by atoms with E-state index in [9.17, 15) is 17.6 Å². The normalized spacial score (nSPS) is 12.8. The minimum absolute atomic E-state index is 0.0861. The molecule has 0 fully saturated rings. The Morgan fingerprint density at radius 2 is 1.93 bits per heavy atom. The van der Waals surface area contributed by atoms with Crippen LogP contribution < -0.4 is 5.32 Å². The van der Waals surface area contributed by atoms with E-state index >= 15 is 0 Å². The van der Waals surface area contributed by atoms with Gasteiger partial charge in [-0.25, -0.2) is 17.5 Å². The molecular weight excluding hydrogens is 409 g/mol. The third-order valence-electron chi connectivity index (χ3n) is 4.74. The fourth-order valence-corrected chi connectivity index (χ4v) is 3.74. The van der Waals surface area contributed by atoms with Crippen molar-refractivity contribution in [2.45, 2.75) is 18.0 Å². The first-order chi connectivity index (χ1) is 14.2. The van der Waals surface area contributed by atoms with Crippen LogP contribution in [0.15, 0.2) is 60.1 Å². The van der Waals surface area contributed by atoms with Crippen LogP contribution in [0.2, 0.25) is 0 Å². The molecule has 0 spiro atoms. The van der Waals surface area contributed by atoms with Gasteiger partial charge in [-0.05, 0) is 42.8 Å². The van der Waals surface area contributed by atoms with Gasteiger partial charge in [-0.1, -0.05) is 0 Å². The second kappa shape index (κ2) is 7.38. The van der Waals surface area contributed by atoms with E-state index in [4.69, 9.17) is 0 Å². The standard InChI is InChI=1S/C20H18FN5O3S/c1-12(13-7-19(23-8-13)30(2,28)29)25-20(27)17-9-22-11-18-16(17)10-24-26(18)15-5-3-14(21)4-6-15/h3-12,23H,1-2H3,(H,25,27)/t12-/m0/s1. The maximum Gasteiger partial charge on any atom is 0.254 e. The monoisotopic (exact) mass is 427 g/mol. The lowest BCUT2D eigenvalue weighted by molar-refractivity contribution is 0.0941. The summed E-state index contributed by atoms with van der Waals surface area (Å²) >= 11 is 0. The summed E-state index contributed by atoms with van der Waals surface area (Å²) in [5.74, 6) is -0.729. The number of benzene rings is 1. The molecule has 3 heterocycles. The number of aromatic amines is 1. The van der Waals surface area contributed by atoms with E-state index in [-0.39, 0.29) is 16.8 Å². The molecule has 1 aromatic carbocycles. The maximum absolute atomic E-state index is 13.2. The number of H-pyrrole nitrogens is 1. The van der Waals surface area contributed by atoms with Gasteiger partial charge in [0.25, 0.3) is 5.91 Å². The molecular formula is C20H18FN5O3S. The molecule has 0 saturated carbocycles. The molecule has 0 bridgehead atoms. The number of hydrogen-bond donors (Lipinski definition) is 2. The molecule has 0 unspecified atom stereocenters. The van der Waals surface area contributed by atoms with Gasteiger partial charge >= 0.3 is 0 Å². The van der Waals surface area contributed by atoms with Gasteiger partial charge in [-0.2, -0.15) is 5.10 Å². The molecule has 0 aliphatic heterocycles. The summed E-state index contributed by atoms with van der Waals surface area (Å²) in [5.41, 5.74) is 2.19. The third kappa shape index (κ3) is 3.69. The van der Waals surface area contributed by atoms with Gasteiger partial charge in [0, 0.05) is 24.0 Å². The topological polar surface area (TPSA) is 110 Å². The predicted octanol–water partition coefficient (Wildman–Crippen LogP) is 2.78. The fourth-order valence-electron chi connectivity index (χ4n) is 3.12. The van der Waals surface area contributed by atoms with Crippen molar-refractivity contribution in [3.05, 3.63) is 72.1 Å². The number of amides is 1. The molecule has 1 atom stereocenters. The summed E-state index contributed by atoms with van der Waals surface area (Å²) in [5, 5.41) is 7.83. The van der Waals surface area contributed by atoms with Gasteiger partial charge < -0.3 is 10.3 Å². The molecule has 154 valence electrons. The van der Waals surface area contributed by atoms with Crippen LogP contribution in [-0.4, -0.2) is 40.3 Å². The molecule has 8 nitrogen and oxygen atoms in total. The Bertz CT molecular complexity index is 1340. The maximum atomic E-state index is 13.2. The highest BCUT2D eigenvalue weighted by Crippen LogP contribution is 2.22. The SMILES string of the molecule is C[C@H](NC(=O)c1cncc2c1cnn2-c1ccc(F)cc1)c1c[nH]c(S(C)(=O)=O)c1. The van der Waals surface area contributed by atoms with Crippen molar-refractivity contribution < 1.29 is 17.6 Å². The van der Waals surface area contributed by atoms with Crippen LogP contribution in [-0.2, 0) is 9.84 Å². The number of sulfone groups is 1. The first-order valence-corrected chi connectivity index (χ1v) is 10.9. The van der Waals surface area contributed by atoms with E-state index in [0.717, 1.165) is 6.26 Å². The highest BCUT2D eigenvalue weighted by molar-refractivity contribution is 7.90. The summed E-state index contributed by atoms with van der Waals surface area (Å²) in [7, 11) is -3.36. The summed E-state index contributed by atoms with van der Waals surface area (Å²) in [6, 6.07) is 6.88. The molecule has 1 amide bonds. The van der Waals surface area contributed by atoms with Crippen LogP contribution in [0.5, 0.6) is 0 Å². The molecule has 3 aromatic heterocycles. The molecule has 0 aliphatic rings. The molecule has 10 heteroatoms. The summed E-state index contributed by atoms with van der Waals surface area (Å²) in [6.45, 7) is 1.75. The van der Waals surface area contributed by atoms with Crippen molar-refractivity contribution in [1.82, 2.24) is 25.1 Å². The Labute approximate surface area is 171 Å². The minimum atomic E-state index is -3.36. The Morgan fingerprint density at radius 3 is 2.60 bits per heavy atom. The molecule has 0 saturated heterocycles. The van der Waals surface area contributed by atoms with E-state index in [2.05, 4.69) is 20.4 Å². The van der Waals surface area contributed by atoms with Crippen molar-refractivity contribution in [2.75, 3.05) is 6.26 Å². The summed E-state index contributed by atoms with van der Waals surface area (Å²) < 4.78 is 38.1. The van der Waals surface area contributed by atoms with Gasteiger partial charge in [0.2, 0.25) is 0 Å². The van der Waals surface area contributed by atoms with Crippen LogP contribution in [0, 0.1) is 5.82 Å². The molecule has 2 N–H and O–H groups in total. The first-order valence-electron chi connectivity index (χ1n) is 9.01. The quantitative estimate of drug-likeness (QED) is 0.509. The van der Waals surface area contributed by atoms with Crippen LogP contribution in [0.1, 0.15) is 28.9 Å². The van der Waals surface area contributed by atoms with Gasteiger partial charge in [-0.15, -0.1) is 0 Å². The average Bonchev–Trinajstić information content (AvgIpc) is 3.36. The molecule has 0 radical (unpaired) electrons.